The van der Waals surface area contributed by atoms with Gasteiger partial charge in [0.1, 0.15) is 10.8 Å². The van der Waals surface area contributed by atoms with Crippen LogP contribution in [0.1, 0.15) is 25.7 Å². The van der Waals surface area contributed by atoms with E-state index in [1.807, 2.05) is 0 Å². The molecule has 18 heavy (non-hydrogen) atoms. The van der Waals surface area contributed by atoms with Crippen LogP contribution in [0.25, 0.3) is 0 Å². The lowest BCUT2D eigenvalue weighted by Gasteiger charge is -2.20. The molecule has 2 heterocycles. The molecule has 1 fully saturated rings. The molecule has 0 atom stereocenters. The van der Waals surface area contributed by atoms with Crippen LogP contribution in [0.3, 0.4) is 0 Å². The number of anilines is 1. The Morgan fingerprint density at radius 3 is 2.61 bits per heavy atom. The lowest BCUT2D eigenvalue weighted by molar-refractivity contribution is 0.296. The predicted octanol–water partition coefficient (Wildman–Crippen LogP) is 3.07. The SMILES string of the molecule is Clc1ncc(Cl)c(NCCN2CCCCCC2)n1. The number of halogens is 2. The molecule has 1 saturated heterocycles. The average molecular weight is 289 g/mol. The minimum Gasteiger partial charge on any atom is -0.367 e. The lowest BCUT2D eigenvalue weighted by atomic mass is 10.2. The van der Waals surface area contributed by atoms with Gasteiger partial charge >= 0.3 is 0 Å². The molecule has 0 radical (unpaired) electrons. The summed E-state index contributed by atoms with van der Waals surface area (Å²) in [7, 11) is 0. The fraction of sp³-hybridized carbons (Fsp3) is 0.667. The zero-order valence-corrected chi connectivity index (χ0v) is 11.8. The molecule has 1 N–H and O–H groups in total. The number of aromatic nitrogens is 2. The molecule has 0 spiro atoms. The molecule has 1 aromatic rings. The lowest BCUT2D eigenvalue weighted by Crippen LogP contribution is -2.30. The zero-order chi connectivity index (χ0) is 12.8. The van der Waals surface area contributed by atoms with Gasteiger partial charge in [-0.15, -0.1) is 0 Å². The molecule has 6 heteroatoms. The quantitative estimate of drug-likeness (QED) is 0.865. The molecule has 0 aromatic carbocycles. The van der Waals surface area contributed by atoms with Crippen molar-refractivity contribution in [3.8, 4) is 0 Å². The number of likely N-dealkylation sites (tertiary alicyclic amines) is 1. The highest BCUT2D eigenvalue weighted by atomic mass is 35.5. The second-order valence-corrected chi connectivity index (χ2v) is 5.26. The highest BCUT2D eigenvalue weighted by Gasteiger charge is 2.09. The molecule has 0 bridgehead atoms. The summed E-state index contributed by atoms with van der Waals surface area (Å²) in [5.74, 6) is 0.617. The molecule has 0 unspecified atom stereocenters. The summed E-state index contributed by atoms with van der Waals surface area (Å²) >= 11 is 11.7. The van der Waals surface area contributed by atoms with E-state index < -0.39 is 0 Å². The Bertz CT molecular complexity index is 378. The van der Waals surface area contributed by atoms with Gasteiger partial charge in [0.05, 0.1) is 6.20 Å². The fourth-order valence-electron chi connectivity index (χ4n) is 2.16. The molecule has 0 aliphatic carbocycles. The van der Waals surface area contributed by atoms with Crippen LogP contribution in [-0.2, 0) is 0 Å². The zero-order valence-electron chi connectivity index (χ0n) is 10.3. The van der Waals surface area contributed by atoms with Gasteiger partial charge in [-0.25, -0.2) is 4.98 Å². The first kappa shape index (κ1) is 13.8. The average Bonchev–Trinajstić information content (AvgIpc) is 2.62. The van der Waals surface area contributed by atoms with Gasteiger partial charge in [-0.3, -0.25) is 0 Å². The smallest absolute Gasteiger partial charge is 0.224 e. The van der Waals surface area contributed by atoms with E-state index in [1.54, 1.807) is 0 Å². The Kier molecular flexibility index (Phi) is 5.47. The molecule has 0 amide bonds. The van der Waals surface area contributed by atoms with Crippen LogP contribution in [0.2, 0.25) is 10.3 Å². The van der Waals surface area contributed by atoms with E-state index in [4.69, 9.17) is 23.2 Å². The summed E-state index contributed by atoms with van der Waals surface area (Å²) in [5, 5.41) is 3.94. The summed E-state index contributed by atoms with van der Waals surface area (Å²) in [4.78, 5) is 10.4. The van der Waals surface area contributed by atoms with Crippen molar-refractivity contribution in [3.63, 3.8) is 0 Å². The van der Waals surface area contributed by atoms with Gasteiger partial charge in [0.2, 0.25) is 5.28 Å². The van der Waals surface area contributed by atoms with E-state index in [1.165, 1.54) is 45.0 Å². The summed E-state index contributed by atoms with van der Waals surface area (Å²) in [6.07, 6.45) is 6.85. The first-order valence-electron chi connectivity index (χ1n) is 6.40. The molecule has 0 saturated carbocycles. The van der Waals surface area contributed by atoms with Crippen LogP contribution < -0.4 is 5.32 Å². The highest BCUT2D eigenvalue weighted by molar-refractivity contribution is 6.33. The van der Waals surface area contributed by atoms with Crippen LogP contribution in [0.15, 0.2) is 6.20 Å². The first-order valence-corrected chi connectivity index (χ1v) is 7.15. The van der Waals surface area contributed by atoms with Gasteiger partial charge in [-0.2, -0.15) is 4.98 Å². The molecule has 4 nitrogen and oxygen atoms in total. The largest absolute Gasteiger partial charge is 0.367 e. The van der Waals surface area contributed by atoms with Gasteiger partial charge in [0.15, 0.2) is 0 Å². The fourth-order valence-corrected chi connectivity index (χ4v) is 2.45. The maximum atomic E-state index is 5.98. The van der Waals surface area contributed by atoms with Crippen molar-refractivity contribution in [3.05, 3.63) is 16.5 Å². The van der Waals surface area contributed by atoms with Gasteiger partial charge in [-0.1, -0.05) is 24.4 Å². The van der Waals surface area contributed by atoms with E-state index in [0.29, 0.717) is 10.8 Å². The molecule has 1 aliphatic heterocycles. The third-order valence-corrected chi connectivity index (χ3v) is 3.59. The number of nitrogens with one attached hydrogen (secondary N) is 1. The Morgan fingerprint density at radius 2 is 1.89 bits per heavy atom. The monoisotopic (exact) mass is 288 g/mol. The Morgan fingerprint density at radius 1 is 1.17 bits per heavy atom. The van der Waals surface area contributed by atoms with Gasteiger partial charge in [0.25, 0.3) is 0 Å². The molecule has 1 aliphatic rings. The van der Waals surface area contributed by atoms with Crippen molar-refractivity contribution in [1.82, 2.24) is 14.9 Å². The van der Waals surface area contributed by atoms with Gasteiger partial charge < -0.3 is 10.2 Å². The summed E-state index contributed by atoms with van der Waals surface area (Å²) in [6, 6.07) is 0. The van der Waals surface area contributed by atoms with Crippen LogP contribution in [-0.4, -0.2) is 41.0 Å². The van der Waals surface area contributed by atoms with Crippen LogP contribution >= 0.6 is 23.2 Å². The predicted molar refractivity (Wildman–Crippen MR) is 75.4 cm³/mol. The Labute approximate surface area is 118 Å². The van der Waals surface area contributed by atoms with E-state index >= 15 is 0 Å². The minimum absolute atomic E-state index is 0.219. The number of hydrogen-bond acceptors (Lipinski definition) is 4. The van der Waals surface area contributed by atoms with Crippen molar-refractivity contribution < 1.29 is 0 Å². The minimum atomic E-state index is 0.219. The highest BCUT2D eigenvalue weighted by Crippen LogP contribution is 2.19. The van der Waals surface area contributed by atoms with Crippen LogP contribution in [0.5, 0.6) is 0 Å². The normalized spacial score (nSPS) is 17.4. The molecule has 2 rings (SSSR count). The van der Waals surface area contributed by atoms with E-state index in [9.17, 15) is 0 Å². The topological polar surface area (TPSA) is 41.1 Å². The van der Waals surface area contributed by atoms with Crippen molar-refractivity contribution >= 4 is 29.0 Å². The van der Waals surface area contributed by atoms with Gasteiger partial charge in [-0.05, 0) is 37.5 Å². The number of hydrogen-bond donors (Lipinski definition) is 1. The van der Waals surface area contributed by atoms with Crippen LogP contribution in [0.4, 0.5) is 5.82 Å². The summed E-state index contributed by atoms with van der Waals surface area (Å²) in [6.45, 7) is 4.23. The van der Waals surface area contributed by atoms with Crippen molar-refractivity contribution in [1.29, 1.82) is 0 Å². The van der Waals surface area contributed by atoms with Crippen LogP contribution in [0, 0.1) is 0 Å². The second-order valence-electron chi connectivity index (χ2n) is 4.52. The standard InChI is InChI=1S/C12H18Cl2N4/c13-10-9-16-12(14)17-11(10)15-5-8-18-6-3-1-2-4-7-18/h9H,1-8H2,(H,15,16,17). The molecule has 1 aromatic heterocycles. The maximum Gasteiger partial charge on any atom is 0.224 e. The van der Waals surface area contributed by atoms with Gasteiger partial charge in [0, 0.05) is 13.1 Å². The molecule has 100 valence electrons. The van der Waals surface area contributed by atoms with E-state index in [2.05, 4.69) is 20.2 Å². The third-order valence-electron chi connectivity index (χ3n) is 3.13. The number of nitrogens with zero attached hydrogens (tertiary/aromatic N) is 3. The van der Waals surface area contributed by atoms with E-state index in [0.717, 1.165) is 13.1 Å². The van der Waals surface area contributed by atoms with Crippen molar-refractivity contribution in [2.24, 2.45) is 0 Å². The third kappa shape index (κ3) is 4.26. The summed E-state index contributed by atoms with van der Waals surface area (Å²) < 4.78 is 0. The summed E-state index contributed by atoms with van der Waals surface area (Å²) in [5.41, 5.74) is 0. The number of rotatable bonds is 4. The molecular formula is C12H18Cl2N4. The Hall–Kier alpha value is -0.580. The maximum absolute atomic E-state index is 5.98. The van der Waals surface area contributed by atoms with Crippen molar-refractivity contribution in [2.45, 2.75) is 25.7 Å². The second kappa shape index (κ2) is 7.12. The molecular weight excluding hydrogens is 271 g/mol. The first-order chi connectivity index (χ1) is 8.75. The van der Waals surface area contributed by atoms with E-state index in [-0.39, 0.29) is 5.28 Å². The Balaban J connectivity index is 1.78. The van der Waals surface area contributed by atoms with Crippen molar-refractivity contribution in [2.75, 3.05) is 31.5 Å².